The molecular formula is C11H15BrN2O2. The summed E-state index contributed by atoms with van der Waals surface area (Å²) < 4.78 is 0. The molecule has 1 amide bonds. The highest BCUT2D eigenvalue weighted by Gasteiger charge is 2.16. The molecule has 1 rings (SSSR count). The van der Waals surface area contributed by atoms with E-state index in [1.54, 1.807) is 4.90 Å². The first-order valence-corrected chi connectivity index (χ1v) is 6.35. The van der Waals surface area contributed by atoms with Crippen LogP contribution in [0.1, 0.15) is 23.7 Å². The number of carbonyl (C=O) groups excluding carboxylic acids is 1. The van der Waals surface area contributed by atoms with Crippen LogP contribution < -0.4 is 5.43 Å². The predicted molar refractivity (Wildman–Crippen MR) is 67.1 cm³/mol. The van der Waals surface area contributed by atoms with E-state index in [-0.39, 0.29) is 16.9 Å². The quantitative estimate of drug-likeness (QED) is 0.837. The van der Waals surface area contributed by atoms with Crippen molar-refractivity contribution in [2.45, 2.75) is 13.3 Å². The van der Waals surface area contributed by atoms with Crippen LogP contribution in [0.5, 0.6) is 0 Å². The van der Waals surface area contributed by atoms with Gasteiger partial charge in [-0.25, -0.2) is 0 Å². The molecule has 0 atom stereocenters. The lowest BCUT2D eigenvalue weighted by atomic mass is 10.2. The fraction of sp³-hybridized carbons (Fsp3) is 0.455. The second-order valence-electron chi connectivity index (χ2n) is 3.40. The highest BCUT2D eigenvalue weighted by molar-refractivity contribution is 9.09. The number of hydrogen-bond acceptors (Lipinski definition) is 2. The zero-order valence-electron chi connectivity index (χ0n) is 9.20. The SMILES string of the molecule is CCCN(CCBr)C(=O)c1c[nH]ccc1=O. The molecule has 0 aliphatic carbocycles. The minimum Gasteiger partial charge on any atom is -0.367 e. The van der Waals surface area contributed by atoms with Gasteiger partial charge in [0.05, 0.1) is 0 Å². The molecule has 4 nitrogen and oxygen atoms in total. The minimum absolute atomic E-state index is 0.205. The number of carbonyl (C=O) groups is 1. The lowest BCUT2D eigenvalue weighted by Gasteiger charge is -2.20. The number of nitrogens with zero attached hydrogens (tertiary/aromatic N) is 1. The number of aromatic amines is 1. The Morgan fingerprint density at radius 1 is 1.50 bits per heavy atom. The summed E-state index contributed by atoms with van der Waals surface area (Å²) in [7, 11) is 0. The average molecular weight is 287 g/mol. The molecular weight excluding hydrogens is 272 g/mol. The normalized spacial score (nSPS) is 10.1. The summed E-state index contributed by atoms with van der Waals surface area (Å²) in [5, 5.41) is 0.712. The largest absolute Gasteiger partial charge is 0.367 e. The maximum atomic E-state index is 12.0. The van der Waals surface area contributed by atoms with Gasteiger partial charge < -0.3 is 9.88 Å². The average Bonchev–Trinajstić information content (AvgIpc) is 2.28. The van der Waals surface area contributed by atoms with Crippen LogP contribution in [0.2, 0.25) is 0 Å². The van der Waals surface area contributed by atoms with E-state index in [4.69, 9.17) is 0 Å². The Morgan fingerprint density at radius 3 is 2.81 bits per heavy atom. The Kier molecular flexibility index (Phi) is 5.25. The van der Waals surface area contributed by atoms with E-state index in [0.717, 1.165) is 6.42 Å². The molecule has 1 N–H and O–H groups in total. The van der Waals surface area contributed by atoms with Gasteiger partial charge in [-0.2, -0.15) is 0 Å². The van der Waals surface area contributed by atoms with Gasteiger partial charge in [-0.15, -0.1) is 0 Å². The third-order valence-electron chi connectivity index (χ3n) is 2.19. The van der Waals surface area contributed by atoms with Crippen molar-refractivity contribution < 1.29 is 4.79 Å². The maximum absolute atomic E-state index is 12.0. The summed E-state index contributed by atoms with van der Waals surface area (Å²) >= 11 is 3.30. The number of halogens is 1. The number of rotatable bonds is 5. The summed E-state index contributed by atoms with van der Waals surface area (Å²) in [5.74, 6) is -0.205. The van der Waals surface area contributed by atoms with Crippen molar-refractivity contribution in [2.75, 3.05) is 18.4 Å². The van der Waals surface area contributed by atoms with E-state index in [1.165, 1.54) is 18.5 Å². The summed E-state index contributed by atoms with van der Waals surface area (Å²) in [4.78, 5) is 28.0. The van der Waals surface area contributed by atoms with Gasteiger partial charge >= 0.3 is 0 Å². The van der Waals surface area contributed by atoms with Gasteiger partial charge in [0.15, 0.2) is 5.43 Å². The topological polar surface area (TPSA) is 53.2 Å². The molecule has 0 radical (unpaired) electrons. The van der Waals surface area contributed by atoms with Crippen molar-refractivity contribution in [3.63, 3.8) is 0 Å². The van der Waals surface area contributed by atoms with Crippen molar-refractivity contribution >= 4 is 21.8 Å². The summed E-state index contributed by atoms with van der Waals surface area (Å²) in [6, 6.07) is 1.37. The molecule has 0 aliphatic rings. The Labute approximate surface area is 103 Å². The number of H-pyrrole nitrogens is 1. The fourth-order valence-corrected chi connectivity index (χ4v) is 1.87. The van der Waals surface area contributed by atoms with Gasteiger partial charge in [0.1, 0.15) is 5.56 Å². The van der Waals surface area contributed by atoms with Crippen molar-refractivity contribution in [1.82, 2.24) is 9.88 Å². The van der Waals surface area contributed by atoms with E-state index >= 15 is 0 Å². The zero-order chi connectivity index (χ0) is 12.0. The molecule has 0 spiro atoms. The van der Waals surface area contributed by atoms with E-state index in [2.05, 4.69) is 20.9 Å². The van der Waals surface area contributed by atoms with E-state index < -0.39 is 0 Å². The highest BCUT2D eigenvalue weighted by atomic mass is 79.9. The van der Waals surface area contributed by atoms with Crippen LogP contribution in [0.25, 0.3) is 0 Å². The molecule has 0 aromatic carbocycles. The Hall–Kier alpha value is -1.10. The smallest absolute Gasteiger partial charge is 0.259 e. The molecule has 0 saturated heterocycles. The standard InChI is InChI=1S/C11H15BrN2O2/c1-2-6-14(7-4-12)11(16)9-8-13-5-3-10(9)15/h3,5,8H,2,4,6-7H2,1H3,(H,13,15). The number of alkyl halides is 1. The van der Waals surface area contributed by atoms with Crippen LogP contribution >= 0.6 is 15.9 Å². The number of pyridine rings is 1. The van der Waals surface area contributed by atoms with Gasteiger partial charge in [0.2, 0.25) is 0 Å². The first-order valence-electron chi connectivity index (χ1n) is 5.23. The van der Waals surface area contributed by atoms with Gasteiger partial charge in [0.25, 0.3) is 5.91 Å². The van der Waals surface area contributed by atoms with Crippen molar-refractivity contribution in [3.8, 4) is 0 Å². The number of nitrogens with one attached hydrogen (secondary N) is 1. The maximum Gasteiger partial charge on any atom is 0.259 e. The van der Waals surface area contributed by atoms with Crippen molar-refractivity contribution in [3.05, 3.63) is 34.2 Å². The number of hydrogen-bond donors (Lipinski definition) is 1. The molecule has 0 aliphatic heterocycles. The molecule has 0 unspecified atom stereocenters. The van der Waals surface area contributed by atoms with Crippen LogP contribution in [0.15, 0.2) is 23.3 Å². The molecule has 5 heteroatoms. The first-order chi connectivity index (χ1) is 7.70. The molecule has 88 valence electrons. The van der Waals surface area contributed by atoms with Crippen LogP contribution in [0.4, 0.5) is 0 Å². The van der Waals surface area contributed by atoms with Crippen molar-refractivity contribution in [1.29, 1.82) is 0 Å². The van der Waals surface area contributed by atoms with Gasteiger partial charge in [-0.05, 0) is 6.42 Å². The molecule has 16 heavy (non-hydrogen) atoms. The summed E-state index contributed by atoms with van der Waals surface area (Å²) in [5.41, 5.74) is -0.0312. The fourth-order valence-electron chi connectivity index (χ4n) is 1.44. The second-order valence-corrected chi connectivity index (χ2v) is 4.20. The molecule has 0 bridgehead atoms. The Morgan fingerprint density at radius 2 is 2.25 bits per heavy atom. The van der Waals surface area contributed by atoms with Gasteiger partial charge in [0, 0.05) is 36.9 Å². The molecule has 1 heterocycles. The predicted octanol–water partition coefficient (Wildman–Crippen LogP) is 1.62. The van der Waals surface area contributed by atoms with Crippen LogP contribution in [0.3, 0.4) is 0 Å². The van der Waals surface area contributed by atoms with Crippen molar-refractivity contribution in [2.24, 2.45) is 0 Å². The summed E-state index contributed by atoms with van der Waals surface area (Å²) in [6.45, 7) is 3.28. The van der Waals surface area contributed by atoms with Gasteiger partial charge in [-0.3, -0.25) is 9.59 Å². The van der Waals surface area contributed by atoms with Crippen LogP contribution in [-0.2, 0) is 0 Å². The third-order valence-corrected chi connectivity index (χ3v) is 2.54. The molecule has 0 fully saturated rings. The second kappa shape index (κ2) is 6.48. The van der Waals surface area contributed by atoms with Crippen LogP contribution in [-0.4, -0.2) is 34.2 Å². The zero-order valence-corrected chi connectivity index (χ0v) is 10.8. The van der Waals surface area contributed by atoms with E-state index in [0.29, 0.717) is 18.4 Å². The monoisotopic (exact) mass is 286 g/mol. The minimum atomic E-state index is -0.237. The van der Waals surface area contributed by atoms with E-state index in [1.807, 2.05) is 6.92 Å². The van der Waals surface area contributed by atoms with E-state index in [9.17, 15) is 9.59 Å². The van der Waals surface area contributed by atoms with Crippen LogP contribution in [0, 0.1) is 0 Å². The lowest BCUT2D eigenvalue weighted by molar-refractivity contribution is 0.0765. The van der Waals surface area contributed by atoms with Gasteiger partial charge in [-0.1, -0.05) is 22.9 Å². The summed E-state index contributed by atoms with van der Waals surface area (Å²) in [6.07, 6.45) is 3.86. The molecule has 1 aromatic rings. The number of amides is 1. The highest BCUT2D eigenvalue weighted by Crippen LogP contribution is 2.01. The molecule has 0 saturated carbocycles. The third kappa shape index (κ3) is 3.20. The first kappa shape index (κ1) is 13.0. The number of aromatic nitrogens is 1. The Bertz CT molecular complexity index is 397. The lowest BCUT2D eigenvalue weighted by Crippen LogP contribution is -2.36. The molecule has 1 aromatic heterocycles. The Balaban J connectivity index is 2.90.